The molecular weight excluding hydrogens is 398 g/mol. The number of benzene rings is 3. The highest BCUT2D eigenvalue weighted by atomic mass is 16.2. The Hall–Kier alpha value is -3.60. The molecule has 1 heterocycles. The van der Waals surface area contributed by atoms with Crippen molar-refractivity contribution in [2.75, 3.05) is 35.3 Å². The van der Waals surface area contributed by atoms with E-state index in [0.717, 1.165) is 39.3 Å². The molecule has 0 N–H and O–H groups in total. The lowest BCUT2D eigenvalue weighted by Gasteiger charge is -2.40. The monoisotopic (exact) mass is 427 g/mol. The van der Waals surface area contributed by atoms with Crippen LogP contribution in [0.15, 0.2) is 66.7 Å². The number of piperazine rings is 1. The Morgan fingerprint density at radius 2 is 1.34 bits per heavy atom. The molecule has 3 aromatic carbocycles. The van der Waals surface area contributed by atoms with Crippen LogP contribution in [0.25, 0.3) is 0 Å². The molecular formula is C27H29N3O2. The van der Waals surface area contributed by atoms with Gasteiger partial charge < -0.3 is 9.80 Å². The number of carbonyl (C=O) groups excluding carboxylic acids is 2. The second-order valence-electron chi connectivity index (χ2n) is 8.76. The third-order valence-electron chi connectivity index (χ3n) is 5.88. The molecule has 3 aromatic rings. The molecule has 4 rings (SSSR count). The maximum atomic E-state index is 13.9. The van der Waals surface area contributed by atoms with E-state index in [9.17, 15) is 9.59 Å². The largest absolute Gasteiger partial charge is 0.378 e. The molecule has 2 amide bonds. The molecule has 1 fully saturated rings. The Kier molecular flexibility index (Phi) is 5.74. The summed E-state index contributed by atoms with van der Waals surface area (Å²) in [4.78, 5) is 32.6. The number of amides is 2. The first-order valence-electron chi connectivity index (χ1n) is 10.8. The van der Waals surface area contributed by atoms with Crippen LogP contribution in [0.3, 0.4) is 0 Å². The van der Waals surface area contributed by atoms with Crippen LogP contribution >= 0.6 is 0 Å². The minimum Gasteiger partial charge on any atom is -0.378 e. The first-order chi connectivity index (χ1) is 15.2. The Balaban J connectivity index is 1.82. The van der Waals surface area contributed by atoms with Gasteiger partial charge in [-0.25, -0.2) is 0 Å². The summed E-state index contributed by atoms with van der Waals surface area (Å²) in [6, 6.07) is 20.9. The normalized spacial score (nSPS) is 16.5. The van der Waals surface area contributed by atoms with Gasteiger partial charge >= 0.3 is 0 Å². The van der Waals surface area contributed by atoms with Crippen LogP contribution in [-0.2, 0) is 9.59 Å². The molecule has 1 atom stereocenters. The molecule has 0 aromatic heterocycles. The van der Waals surface area contributed by atoms with Crippen LogP contribution in [0.4, 0.5) is 17.1 Å². The highest BCUT2D eigenvalue weighted by Gasteiger charge is 2.42. The van der Waals surface area contributed by atoms with Crippen molar-refractivity contribution in [1.29, 1.82) is 0 Å². The van der Waals surface area contributed by atoms with Gasteiger partial charge in [-0.05, 0) is 73.9 Å². The van der Waals surface area contributed by atoms with Gasteiger partial charge in [-0.15, -0.1) is 0 Å². The molecule has 0 aliphatic carbocycles. The number of hydrogen-bond donors (Lipinski definition) is 0. The number of hydrogen-bond acceptors (Lipinski definition) is 3. The van der Waals surface area contributed by atoms with Crippen molar-refractivity contribution in [1.82, 2.24) is 0 Å². The number of carbonyl (C=O) groups is 2. The van der Waals surface area contributed by atoms with Crippen LogP contribution in [-0.4, -0.2) is 32.5 Å². The topological polar surface area (TPSA) is 43.9 Å². The van der Waals surface area contributed by atoms with Gasteiger partial charge in [0.15, 0.2) is 0 Å². The summed E-state index contributed by atoms with van der Waals surface area (Å²) in [5, 5.41) is 0. The van der Waals surface area contributed by atoms with E-state index < -0.39 is 6.04 Å². The molecule has 0 saturated carbocycles. The molecule has 1 aliphatic rings. The van der Waals surface area contributed by atoms with Crippen molar-refractivity contribution in [2.45, 2.75) is 26.8 Å². The van der Waals surface area contributed by atoms with Gasteiger partial charge in [0, 0.05) is 31.2 Å². The fraction of sp³-hybridized carbons (Fsp3) is 0.259. The Morgan fingerprint density at radius 3 is 1.91 bits per heavy atom. The van der Waals surface area contributed by atoms with Crippen molar-refractivity contribution in [3.63, 3.8) is 0 Å². The van der Waals surface area contributed by atoms with Crippen molar-refractivity contribution < 1.29 is 9.59 Å². The Bertz CT molecular complexity index is 1130. The zero-order chi connectivity index (χ0) is 23.0. The molecule has 0 bridgehead atoms. The highest BCUT2D eigenvalue weighted by Crippen LogP contribution is 2.36. The van der Waals surface area contributed by atoms with E-state index in [1.165, 1.54) is 0 Å². The summed E-state index contributed by atoms with van der Waals surface area (Å²) in [6.07, 6.45) is 0. The molecule has 5 heteroatoms. The van der Waals surface area contributed by atoms with Crippen molar-refractivity contribution in [3.05, 3.63) is 89.0 Å². The number of aryl methyl sites for hydroxylation is 3. The van der Waals surface area contributed by atoms with Gasteiger partial charge in [0.25, 0.3) is 5.91 Å². The Morgan fingerprint density at radius 1 is 0.750 bits per heavy atom. The predicted molar refractivity (Wildman–Crippen MR) is 130 cm³/mol. The second-order valence-corrected chi connectivity index (χ2v) is 8.76. The summed E-state index contributed by atoms with van der Waals surface area (Å²) in [7, 11) is 3.95. The van der Waals surface area contributed by atoms with Crippen LogP contribution in [0, 0.1) is 20.8 Å². The zero-order valence-electron chi connectivity index (χ0n) is 19.3. The van der Waals surface area contributed by atoms with Crippen LogP contribution in [0.1, 0.15) is 28.3 Å². The fourth-order valence-electron chi connectivity index (χ4n) is 4.26. The predicted octanol–water partition coefficient (Wildman–Crippen LogP) is 4.80. The summed E-state index contributed by atoms with van der Waals surface area (Å²) < 4.78 is 0. The first kappa shape index (κ1) is 21.6. The van der Waals surface area contributed by atoms with Crippen LogP contribution < -0.4 is 14.7 Å². The van der Waals surface area contributed by atoms with E-state index in [2.05, 4.69) is 6.07 Å². The smallest absolute Gasteiger partial charge is 0.255 e. The van der Waals surface area contributed by atoms with E-state index >= 15 is 0 Å². The van der Waals surface area contributed by atoms with E-state index in [1.807, 2.05) is 100 Å². The molecule has 5 nitrogen and oxygen atoms in total. The van der Waals surface area contributed by atoms with E-state index in [0.29, 0.717) is 0 Å². The zero-order valence-corrected chi connectivity index (χ0v) is 19.3. The fourth-order valence-corrected chi connectivity index (χ4v) is 4.26. The average Bonchev–Trinajstić information content (AvgIpc) is 2.75. The van der Waals surface area contributed by atoms with Crippen LogP contribution in [0.2, 0.25) is 0 Å². The molecule has 0 spiro atoms. The molecule has 1 aliphatic heterocycles. The van der Waals surface area contributed by atoms with Crippen molar-refractivity contribution in [3.8, 4) is 0 Å². The van der Waals surface area contributed by atoms with Gasteiger partial charge in [0.2, 0.25) is 5.91 Å². The first-order valence-corrected chi connectivity index (χ1v) is 10.8. The SMILES string of the molecule is Cc1ccc(N2CC(=O)N(c3cc(C)cc(C)c3)[C@H](c3ccc(N(C)C)cc3)C2=O)cc1. The van der Waals surface area contributed by atoms with Gasteiger partial charge in [0.1, 0.15) is 12.6 Å². The second kappa shape index (κ2) is 8.50. The lowest BCUT2D eigenvalue weighted by molar-refractivity contribution is -0.128. The Labute approximate surface area is 189 Å². The molecule has 164 valence electrons. The van der Waals surface area contributed by atoms with Gasteiger partial charge in [-0.3, -0.25) is 14.5 Å². The maximum Gasteiger partial charge on any atom is 0.255 e. The van der Waals surface area contributed by atoms with Gasteiger partial charge in [0.05, 0.1) is 0 Å². The third-order valence-corrected chi connectivity index (χ3v) is 5.88. The lowest BCUT2D eigenvalue weighted by atomic mass is 9.98. The highest BCUT2D eigenvalue weighted by molar-refractivity contribution is 6.14. The van der Waals surface area contributed by atoms with Gasteiger partial charge in [-0.2, -0.15) is 0 Å². The average molecular weight is 428 g/mol. The summed E-state index contributed by atoms with van der Waals surface area (Å²) in [5.41, 5.74) is 6.56. The number of rotatable bonds is 4. The summed E-state index contributed by atoms with van der Waals surface area (Å²) in [6.45, 7) is 6.03. The molecule has 0 radical (unpaired) electrons. The third kappa shape index (κ3) is 4.11. The minimum absolute atomic E-state index is 0.0150. The van der Waals surface area contributed by atoms with E-state index in [4.69, 9.17) is 0 Å². The van der Waals surface area contributed by atoms with E-state index in [-0.39, 0.29) is 18.4 Å². The standard InChI is InChI=1S/C27H29N3O2/c1-18-6-10-23(11-7-18)29-17-25(31)30(24-15-19(2)14-20(3)16-24)26(27(29)32)21-8-12-22(13-9-21)28(4)5/h6-16,26H,17H2,1-5H3/t26-/m1/s1. The number of nitrogens with zero attached hydrogens (tertiary/aromatic N) is 3. The van der Waals surface area contributed by atoms with Gasteiger partial charge in [-0.1, -0.05) is 35.9 Å². The summed E-state index contributed by atoms with van der Waals surface area (Å²) >= 11 is 0. The minimum atomic E-state index is -0.727. The van der Waals surface area contributed by atoms with E-state index in [1.54, 1.807) is 9.80 Å². The quantitative estimate of drug-likeness (QED) is 0.601. The summed E-state index contributed by atoms with van der Waals surface area (Å²) in [5.74, 6) is -0.206. The van der Waals surface area contributed by atoms with Crippen LogP contribution in [0.5, 0.6) is 0 Å². The molecule has 0 unspecified atom stereocenters. The van der Waals surface area contributed by atoms with Crippen molar-refractivity contribution in [2.24, 2.45) is 0 Å². The maximum absolute atomic E-state index is 13.9. The lowest BCUT2D eigenvalue weighted by Crippen LogP contribution is -2.56. The molecule has 1 saturated heterocycles. The van der Waals surface area contributed by atoms with Crippen molar-refractivity contribution >= 4 is 28.9 Å². The number of anilines is 3. The molecule has 32 heavy (non-hydrogen) atoms.